The highest BCUT2D eigenvalue weighted by atomic mass is 19.4. The molecule has 1 aromatic rings. The number of halogens is 3. The van der Waals surface area contributed by atoms with Gasteiger partial charge in [0.15, 0.2) is 0 Å². The fraction of sp³-hybridized carbons (Fsp3) is 0.357. The zero-order valence-electron chi connectivity index (χ0n) is 11.3. The maximum atomic E-state index is 12.0. The van der Waals surface area contributed by atoms with E-state index in [9.17, 15) is 18.0 Å². The molecule has 1 rings (SSSR count). The number of hydrogen-bond acceptors (Lipinski definition) is 3. The van der Waals surface area contributed by atoms with Gasteiger partial charge in [-0.2, -0.15) is 13.2 Å². The number of rotatable bonds is 6. The summed E-state index contributed by atoms with van der Waals surface area (Å²) in [6, 6.07) is 7.37. The molecule has 110 valence electrons. The van der Waals surface area contributed by atoms with Crippen LogP contribution in [0.5, 0.6) is 5.75 Å². The van der Waals surface area contributed by atoms with Crippen LogP contribution in [0.3, 0.4) is 0 Å². The molecule has 0 bridgehead atoms. The molecule has 0 spiro atoms. The van der Waals surface area contributed by atoms with Crippen LogP contribution in [-0.2, 0) is 11.2 Å². The van der Waals surface area contributed by atoms with E-state index < -0.39 is 12.0 Å². The minimum absolute atomic E-state index is 0.195. The molecule has 0 unspecified atom stereocenters. The van der Waals surface area contributed by atoms with Gasteiger partial charge in [0.05, 0.1) is 7.11 Å². The lowest BCUT2D eigenvalue weighted by molar-refractivity contribution is -0.165. The first-order valence-electron chi connectivity index (χ1n) is 5.99. The molecular weight excluding hydrogens is 271 g/mol. The number of benzene rings is 1. The van der Waals surface area contributed by atoms with Crippen LogP contribution in [0.1, 0.15) is 12.5 Å². The number of alkyl halides is 3. The van der Waals surface area contributed by atoms with Crippen LogP contribution in [0.15, 0.2) is 36.0 Å². The van der Waals surface area contributed by atoms with E-state index in [0.29, 0.717) is 19.0 Å². The highest BCUT2D eigenvalue weighted by Crippen LogP contribution is 2.17. The Labute approximate surface area is 115 Å². The standard InChI is InChI=1S/C14H16F3NO2/c1-10(9-13(19)14(15,16)17)18-8-7-11-3-5-12(20-2)6-4-11/h3-6,9,18H,7-8H2,1-2H3/b10-9+. The Morgan fingerprint density at radius 1 is 1.30 bits per heavy atom. The third-order valence-electron chi connectivity index (χ3n) is 2.60. The van der Waals surface area contributed by atoms with E-state index in [1.807, 2.05) is 24.3 Å². The van der Waals surface area contributed by atoms with Gasteiger partial charge in [0, 0.05) is 18.3 Å². The summed E-state index contributed by atoms with van der Waals surface area (Å²) in [7, 11) is 1.57. The number of allylic oxidation sites excluding steroid dienone is 2. The van der Waals surface area contributed by atoms with E-state index in [1.54, 1.807) is 7.11 Å². The lowest BCUT2D eigenvalue weighted by Crippen LogP contribution is -2.23. The molecule has 0 aliphatic carbocycles. The van der Waals surface area contributed by atoms with E-state index in [2.05, 4.69) is 5.32 Å². The summed E-state index contributed by atoms with van der Waals surface area (Å²) in [5.41, 5.74) is 1.22. The van der Waals surface area contributed by atoms with Crippen LogP contribution in [0, 0.1) is 0 Å². The zero-order valence-corrected chi connectivity index (χ0v) is 11.3. The van der Waals surface area contributed by atoms with Crippen LogP contribution < -0.4 is 10.1 Å². The van der Waals surface area contributed by atoms with Crippen molar-refractivity contribution in [1.29, 1.82) is 0 Å². The summed E-state index contributed by atoms with van der Waals surface area (Å²) in [6.07, 6.45) is -3.62. The Morgan fingerprint density at radius 2 is 1.90 bits per heavy atom. The number of ether oxygens (including phenoxy) is 1. The fourth-order valence-corrected chi connectivity index (χ4v) is 1.53. The molecule has 0 fully saturated rings. The maximum absolute atomic E-state index is 12.0. The average molecular weight is 287 g/mol. The van der Waals surface area contributed by atoms with Crippen molar-refractivity contribution in [3.8, 4) is 5.75 Å². The van der Waals surface area contributed by atoms with E-state index in [1.165, 1.54) is 6.92 Å². The lowest BCUT2D eigenvalue weighted by atomic mass is 10.1. The number of nitrogens with one attached hydrogen (secondary N) is 1. The molecule has 0 atom stereocenters. The highest BCUT2D eigenvalue weighted by molar-refractivity contribution is 5.94. The van der Waals surface area contributed by atoms with Crippen LogP contribution >= 0.6 is 0 Å². The molecule has 0 aliphatic rings. The smallest absolute Gasteiger partial charge is 0.454 e. The summed E-state index contributed by atoms with van der Waals surface area (Å²) in [4.78, 5) is 10.7. The fourth-order valence-electron chi connectivity index (χ4n) is 1.53. The second-order valence-corrected chi connectivity index (χ2v) is 4.21. The van der Waals surface area contributed by atoms with Crippen LogP contribution in [0.4, 0.5) is 13.2 Å². The molecular formula is C14H16F3NO2. The second kappa shape index (κ2) is 6.98. The predicted molar refractivity (Wildman–Crippen MR) is 69.5 cm³/mol. The van der Waals surface area contributed by atoms with E-state index >= 15 is 0 Å². The van der Waals surface area contributed by atoms with Crippen molar-refractivity contribution >= 4 is 5.78 Å². The SMILES string of the molecule is COc1ccc(CCN/C(C)=C/C(=O)C(F)(F)F)cc1. The normalized spacial score (nSPS) is 12.2. The van der Waals surface area contributed by atoms with Crippen molar-refractivity contribution in [3.05, 3.63) is 41.6 Å². The largest absolute Gasteiger partial charge is 0.497 e. The van der Waals surface area contributed by atoms with Gasteiger partial charge in [-0.05, 0) is 31.0 Å². The molecule has 1 aromatic carbocycles. The Bertz CT molecular complexity index is 478. The van der Waals surface area contributed by atoms with Crippen molar-refractivity contribution in [3.63, 3.8) is 0 Å². The molecule has 0 aliphatic heterocycles. The molecule has 0 heterocycles. The minimum atomic E-state index is -4.82. The van der Waals surface area contributed by atoms with Gasteiger partial charge in [0.2, 0.25) is 0 Å². The highest BCUT2D eigenvalue weighted by Gasteiger charge is 2.36. The number of hydrogen-bond donors (Lipinski definition) is 1. The number of ketones is 1. The quantitative estimate of drug-likeness (QED) is 0.818. The van der Waals surface area contributed by atoms with E-state index in [0.717, 1.165) is 11.3 Å². The first-order valence-corrected chi connectivity index (χ1v) is 5.99. The average Bonchev–Trinajstić information content (AvgIpc) is 2.38. The summed E-state index contributed by atoms with van der Waals surface area (Å²) in [5.74, 6) is -1.11. The first kappa shape index (κ1) is 16.1. The molecule has 3 nitrogen and oxygen atoms in total. The number of carbonyl (C=O) groups is 1. The summed E-state index contributed by atoms with van der Waals surface area (Å²) in [5, 5.41) is 2.77. The molecule has 0 saturated heterocycles. The monoisotopic (exact) mass is 287 g/mol. The Morgan fingerprint density at radius 3 is 2.40 bits per heavy atom. The van der Waals surface area contributed by atoms with Gasteiger partial charge < -0.3 is 10.1 Å². The van der Waals surface area contributed by atoms with Gasteiger partial charge in [0.1, 0.15) is 5.75 Å². The number of carbonyl (C=O) groups excluding carboxylic acids is 1. The summed E-state index contributed by atoms with van der Waals surface area (Å²) in [6.45, 7) is 1.87. The van der Waals surface area contributed by atoms with Crippen molar-refractivity contribution in [1.82, 2.24) is 5.32 Å². The Hall–Kier alpha value is -1.98. The van der Waals surface area contributed by atoms with Gasteiger partial charge in [-0.15, -0.1) is 0 Å². The van der Waals surface area contributed by atoms with Gasteiger partial charge in [-0.25, -0.2) is 0 Å². The molecule has 1 N–H and O–H groups in total. The maximum Gasteiger partial charge on any atom is 0.454 e. The molecule has 6 heteroatoms. The van der Waals surface area contributed by atoms with Crippen molar-refractivity contribution in [2.75, 3.05) is 13.7 Å². The molecule has 0 amide bonds. The van der Waals surface area contributed by atoms with Crippen molar-refractivity contribution in [2.24, 2.45) is 0 Å². The zero-order chi connectivity index (χ0) is 15.2. The summed E-state index contributed by atoms with van der Waals surface area (Å²) < 4.78 is 41.1. The first-order chi connectivity index (χ1) is 9.32. The van der Waals surface area contributed by atoms with Gasteiger partial charge >= 0.3 is 6.18 Å². The van der Waals surface area contributed by atoms with Gasteiger partial charge in [0.25, 0.3) is 5.78 Å². The topological polar surface area (TPSA) is 38.3 Å². The van der Waals surface area contributed by atoms with Gasteiger partial charge in [-0.3, -0.25) is 4.79 Å². The molecule has 20 heavy (non-hydrogen) atoms. The molecule has 0 radical (unpaired) electrons. The van der Waals surface area contributed by atoms with E-state index in [4.69, 9.17) is 4.74 Å². The molecule has 0 saturated carbocycles. The van der Waals surface area contributed by atoms with Gasteiger partial charge in [-0.1, -0.05) is 12.1 Å². The van der Waals surface area contributed by atoms with E-state index in [-0.39, 0.29) is 5.70 Å². The lowest BCUT2D eigenvalue weighted by Gasteiger charge is -2.08. The minimum Gasteiger partial charge on any atom is -0.497 e. The Balaban J connectivity index is 2.43. The van der Waals surface area contributed by atoms with Crippen LogP contribution in [0.2, 0.25) is 0 Å². The second-order valence-electron chi connectivity index (χ2n) is 4.21. The Kier molecular flexibility index (Phi) is 5.61. The van der Waals surface area contributed by atoms with Crippen molar-refractivity contribution < 1.29 is 22.7 Å². The third kappa shape index (κ3) is 5.34. The summed E-state index contributed by atoms with van der Waals surface area (Å²) >= 11 is 0. The van der Waals surface area contributed by atoms with Crippen LogP contribution in [0.25, 0.3) is 0 Å². The predicted octanol–water partition coefficient (Wildman–Crippen LogP) is 2.86. The third-order valence-corrected chi connectivity index (χ3v) is 2.60. The van der Waals surface area contributed by atoms with Crippen LogP contribution in [-0.4, -0.2) is 25.6 Å². The van der Waals surface area contributed by atoms with Crippen molar-refractivity contribution in [2.45, 2.75) is 19.5 Å². The number of methoxy groups -OCH3 is 1. The molecule has 0 aromatic heterocycles.